The molecule has 0 amide bonds. The molecule has 1 N–H and O–H groups in total. The van der Waals surface area contributed by atoms with Gasteiger partial charge in [-0.1, -0.05) is 0 Å². The summed E-state index contributed by atoms with van der Waals surface area (Å²) in [6.45, 7) is 9.23. The van der Waals surface area contributed by atoms with Crippen LogP contribution in [0.2, 0.25) is 0 Å². The van der Waals surface area contributed by atoms with Crippen molar-refractivity contribution in [1.29, 1.82) is 0 Å². The Labute approximate surface area is 97.4 Å². The van der Waals surface area contributed by atoms with Gasteiger partial charge in [0, 0.05) is 25.6 Å². The zero-order valence-electron chi connectivity index (χ0n) is 10.8. The molecular formula is C12H22N2O2. The maximum Gasteiger partial charge on any atom is 0.195 e. The molecular weight excluding hydrogens is 204 g/mol. The summed E-state index contributed by atoms with van der Waals surface area (Å²) in [6.07, 6.45) is 2.51. The Bertz CT molecular complexity index is 315. The van der Waals surface area contributed by atoms with E-state index in [4.69, 9.17) is 9.15 Å². The third-order valence-electron chi connectivity index (χ3n) is 2.32. The second kappa shape index (κ2) is 5.46. The van der Waals surface area contributed by atoms with Crippen LogP contribution < -0.4 is 5.32 Å². The Kier molecular flexibility index (Phi) is 4.50. The van der Waals surface area contributed by atoms with E-state index >= 15 is 0 Å². The largest absolute Gasteiger partial charge is 0.443 e. The summed E-state index contributed by atoms with van der Waals surface area (Å²) in [5.41, 5.74) is 0.134. The Hall–Kier alpha value is -0.870. The van der Waals surface area contributed by atoms with E-state index < -0.39 is 0 Å². The lowest BCUT2D eigenvalue weighted by Crippen LogP contribution is -2.37. The fraction of sp³-hybridized carbons (Fsp3) is 0.750. The molecule has 1 unspecified atom stereocenters. The minimum atomic E-state index is -0.0307. The molecule has 0 saturated heterocycles. The zero-order chi connectivity index (χ0) is 12.2. The number of hydrogen-bond acceptors (Lipinski definition) is 4. The van der Waals surface area contributed by atoms with Crippen LogP contribution in [-0.4, -0.2) is 24.2 Å². The van der Waals surface area contributed by atoms with E-state index in [1.54, 1.807) is 13.3 Å². The van der Waals surface area contributed by atoms with Gasteiger partial charge in [-0.25, -0.2) is 4.98 Å². The van der Waals surface area contributed by atoms with Crippen molar-refractivity contribution in [2.75, 3.05) is 13.7 Å². The summed E-state index contributed by atoms with van der Waals surface area (Å²) in [4.78, 5) is 4.22. The van der Waals surface area contributed by atoms with Crippen LogP contribution >= 0.6 is 0 Å². The number of nitrogens with one attached hydrogen (secondary N) is 1. The number of aromatic nitrogens is 1. The van der Waals surface area contributed by atoms with E-state index in [2.05, 4.69) is 31.1 Å². The van der Waals surface area contributed by atoms with Crippen molar-refractivity contribution in [1.82, 2.24) is 10.3 Å². The predicted octanol–water partition coefficient (Wildman–Crippen LogP) is 2.31. The molecule has 0 fully saturated rings. The van der Waals surface area contributed by atoms with Crippen molar-refractivity contribution < 1.29 is 9.15 Å². The smallest absolute Gasteiger partial charge is 0.195 e. The highest BCUT2D eigenvalue weighted by molar-refractivity contribution is 4.97. The molecule has 0 aromatic carbocycles. The minimum Gasteiger partial charge on any atom is -0.443 e. The van der Waals surface area contributed by atoms with Crippen molar-refractivity contribution in [3.63, 3.8) is 0 Å². The molecule has 92 valence electrons. The van der Waals surface area contributed by atoms with Gasteiger partial charge in [0.1, 0.15) is 6.10 Å². The van der Waals surface area contributed by atoms with Crippen molar-refractivity contribution in [2.45, 2.75) is 45.8 Å². The second-order valence-electron chi connectivity index (χ2n) is 4.96. The van der Waals surface area contributed by atoms with Crippen LogP contribution in [0.25, 0.3) is 0 Å². The van der Waals surface area contributed by atoms with E-state index in [9.17, 15) is 0 Å². The molecule has 0 aliphatic heterocycles. The van der Waals surface area contributed by atoms with Gasteiger partial charge in [-0.3, -0.25) is 0 Å². The standard InChI is InChI=1S/C12H22N2O2/c1-9(15-5)10-8-13-11(16-10)6-7-14-12(2,3)4/h8-9,14H,6-7H2,1-5H3. The Morgan fingerprint density at radius 3 is 2.75 bits per heavy atom. The maximum absolute atomic E-state index is 5.57. The number of rotatable bonds is 5. The van der Waals surface area contributed by atoms with Gasteiger partial charge in [0.15, 0.2) is 11.7 Å². The Morgan fingerprint density at radius 2 is 2.19 bits per heavy atom. The van der Waals surface area contributed by atoms with E-state index in [-0.39, 0.29) is 11.6 Å². The van der Waals surface area contributed by atoms with Gasteiger partial charge in [0.25, 0.3) is 0 Å². The van der Waals surface area contributed by atoms with Gasteiger partial charge in [-0.15, -0.1) is 0 Å². The first-order valence-electron chi connectivity index (χ1n) is 5.65. The van der Waals surface area contributed by atoms with E-state index in [0.717, 1.165) is 24.6 Å². The first kappa shape index (κ1) is 13.2. The minimum absolute atomic E-state index is 0.0307. The fourth-order valence-corrected chi connectivity index (χ4v) is 1.29. The number of hydrogen-bond donors (Lipinski definition) is 1. The predicted molar refractivity (Wildman–Crippen MR) is 63.4 cm³/mol. The fourth-order valence-electron chi connectivity index (χ4n) is 1.29. The number of oxazole rings is 1. The van der Waals surface area contributed by atoms with Gasteiger partial charge in [0.05, 0.1) is 6.20 Å². The topological polar surface area (TPSA) is 47.3 Å². The zero-order valence-corrected chi connectivity index (χ0v) is 10.8. The summed E-state index contributed by atoms with van der Waals surface area (Å²) in [7, 11) is 1.66. The first-order chi connectivity index (χ1) is 7.42. The molecule has 0 aliphatic rings. The van der Waals surface area contributed by atoms with Crippen LogP contribution in [0.3, 0.4) is 0 Å². The van der Waals surface area contributed by atoms with Gasteiger partial charge >= 0.3 is 0 Å². The lowest BCUT2D eigenvalue weighted by molar-refractivity contribution is 0.0982. The van der Waals surface area contributed by atoms with Crippen LogP contribution in [0.5, 0.6) is 0 Å². The first-order valence-corrected chi connectivity index (χ1v) is 5.65. The molecule has 4 heteroatoms. The van der Waals surface area contributed by atoms with Crippen molar-refractivity contribution in [3.05, 3.63) is 17.8 Å². The second-order valence-corrected chi connectivity index (χ2v) is 4.96. The van der Waals surface area contributed by atoms with Crippen LogP contribution in [0, 0.1) is 0 Å². The molecule has 1 rings (SSSR count). The van der Waals surface area contributed by atoms with Gasteiger partial charge in [0.2, 0.25) is 0 Å². The molecule has 1 atom stereocenters. The quantitative estimate of drug-likeness (QED) is 0.837. The number of methoxy groups -OCH3 is 1. The number of nitrogens with zero attached hydrogens (tertiary/aromatic N) is 1. The summed E-state index contributed by atoms with van der Waals surface area (Å²) >= 11 is 0. The van der Waals surface area contributed by atoms with Crippen molar-refractivity contribution in [3.8, 4) is 0 Å². The monoisotopic (exact) mass is 226 g/mol. The molecule has 16 heavy (non-hydrogen) atoms. The van der Waals surface area contributed by atoms with E-state index in [1.165, 1.54) is 0 Å². The lowest BCUT2D eigenvalue weighted by atomic mass is 10.1. The Balaban J connectivity index is 2.41. The molecule has 0 aliphatic carbocycles. The van der Waals surface area contributed by atoms with Gasteiger partial charge < -0.3 is 14.5 Å². The molecule has 0 bridgehead atoms. The van der Waals surface area contributed by atoms with Crippen LogP contribution in [0.15, 0.2) is 10.6 Å². The average Bonchev–Trinajstić information content (AvgIpc) is 2.63. The SMILES string of the molecule is COC(C)c1cnc(CCNC(C)(C)C)o1. The maximum atomic E-state index is 5.57. The lowest BCUT2D eigenvalue weighted by Gasteiger charge is -2.19. The molecule has 4 nitrogen and oxygen atoms in total. The average molecular weight is 226 g/mol. The summed E-state index contributed by atoms with van der Waals surface area (Å²) in [5, 5.41) is 3.39. The third-order valence-corrected chi connectivity index (χ3v) is 2.32. The third kappa shape index (κ3) is 4.33. The summed E-state index contributed by atoms with van der Waals surface area (Å²) in [6, 6.07) is 0. The van der Waals surface area contributed by atoms with E-state index in [0.29, 0.717) is 0 Å². The molecule has 0 radical (unpaired) electrons. The highest BCUT2D eigenvalue weighted by atomic mass is 16.5. The van der Waals surface area contributed by atoms with Gasteiger partial charge in [-0.05, 0) is 27.7 Å². The highest BCUT2D eigenvalue weighted by Crippen LogP contribution is 2.16. The molecule has 1 heterocycles. The molecule has 1 aromatic rings. The van der Waals surface area contributed by atoms with Crippen LogP contribution in [-0.2, 0) is 11.2 Å². The molecule has 0 spiro atoms. The van der Waals surface area contributed by atoms with Crippen molar-refractivity contribution >= 4 is 0 Å². The highest BCUT2D eigenvalue weighted by Gasteiger charge is 2.12. The molecule has 0 saturated carbocycles. The normalized spacial score (nSPS) is 14.1. The summed E-state index contributed by atoms with van der Waals surface area (Å²) < 4.78 is 10.7. The molecule has 1 aromatic heterocycles. The van der Waals surface area contributed by atoms with Gasteiger partial charge in [-0.2, -0.15) is 0 Å². The summed E-state index contributed by atoms with van der Waals surface area (Å²) in [5.74, 6) is 1.55. The number of ether oxygens (including phenoxy) is 1. The van der Waals surface area contributed by atoms with Crippen LogP contribution in [0.4, 0.5) is 0 Å². The van der Waals surface area contributed by atoms with Crippen LogP contribution in [0.1, 0.15) is 45.4 Å². The Morgan fingerprint density at radius 1 is 1.50 bits per heavy atom. The van der Waals surface area contributed by atoms with Crippen molar-refractivity contribution in [2.24, 2.45) is 0 Å². The van der Waals surface area contributed by atoms with E-state index in [1.807, 2.05) is 6.92 Å².